The predicted octanol–water partition coefficient (Wildman–Crippen LogP) is 2.53. The fraction of sp³-hybridized carbons (Fsp3) is 0.286. The lowest BCUT2D eigenvalue weighted by Gasteiger charge is -2.10. The van der Waals surface area contributed by atoms with Gasteiger partial charge < -0.3 is 9.84 Å². The summed E-state index contributed by atoms with van der Waals surface area (Å²) in [4.78, 5) is 11.7. The minimum absolute atomic E-state index is 0.204. The molecular weight excluding hydrogens is 271 g/mol. The number of nitrogens with zero attached hydrogens (tertiary/aromatic N) is 2. The van der Waals surface area contributed by atoms with Crippen molar-refractivity contribution in [1.29, 1.82) is 0 Å². The van der Waals surface area contributed by atoms with Gasteiger partial charge in [0.05, 0.1) is 11.1 Å². The van der Waals surface area contributed by atoms with Gasteiger partial charge in [-0.3, -0.25) is 10.1 Å². The molecule has 1 aromatic heterocycles. The highest BCUT2D eigenvalue weighted by molar-refractivity contribution is 5.55. The van der Waals surface area contributed by atoms with Crippen LogP contribution in [0.5, 0.6) is 11.6 Å². The number of hydrogen-bond acceptors (Lipinski definition) is 5. The number of rotatable bonds is 3. The fourth-order valence-electron chi connectivity index (χ4n) is 1.06. The van der Waals surface area contributed by atoms with E-state index < -0.39 is 40.6 Å². The van der Waals surface area contributed by atoms with Gasteiger partial charge in [-0.1, -0.05) is 0 Å². The highest BCUT2D eigenvalue weighted by Crippen LogP contribution is 2.41. The monoisotopic (exact) mass is 274 g/mol. The van der Waals surface area contributed by atoms with Gasteiger partial charge >= 0.3 is 17.9 Å². The van der Waals surface area contributed by atoms with Crippen LogP contribution in [0.3, 0.4) is 0 Å². The zero-order chi connectivity index (χ0) is 14.1. The summed E-state index contributed by atoms with van der Waals surface area (Å²) in [5.74, 6) is -2.97. The van der Waals surface area contributed by atoms with Gasteiger partial charge in [-0.05, 0) is 0 Å². The van der Waals surface area contributed by atoms with Gasteiger partial charge in [0.1, 0.15) is 11.3 Å². The average molecular weight is 274 g/mol. The Labute approximate surface area is 94.8 Å². The van der Waals surface area contributed by atoms with E-state index in [4.69, 9.17) is 5.11 Å². The number of halogens is 5. The van der Waals surface area contributed by atoms with Crippen LogP contribution in [0.1, 0.15) is 12.0 Å². The molecule has 1 heterocycles. The Morgan fingerprint density at radius 3 is 2.39 bits per heavy atom. The van der Waals surface area contributed by atoms with E-state index >= 15 is 0 Å². The molecule has 0 amide bonds. The topological polar surface area (TPSA) is 85.5 Å². The van der Waals surface area contributed by atoms with Crippen molar-refractivity contribution in [2.75, 3.05) is 0 Å². The maximum atomic E-state index is 12.4. The molecule has 100 valence electrons. The molecule has 0 atom stereocenters. The van der Waals surface area contributed by atoms with Gasteiger partial charge in [-0.25, -0.2) is 13.8 Å². The third-order valence-electron chi connectivity index (χ3n) is 1.65. The summed E-state index contributed by atoms with van der Waals surface area (Å²) in [6, 6.07) is 0. The highest BCUT2D eigenvalue weighted by Gasteiger charge is 2.39. The number of nitro groups is 1. The van der Waals surface area contributed by atoms with E-state index in [1.54, 1.807) is 0 Å². The zero-order valence-electron chi connectivity index (χ0n) is 8.11. The Kier molecular flexibility index (Phi) is 3.53. The first-order chi connectivity index (χ1) is 8.13. The standard InChI is InChI=1S/C7H3F5N2O4/c8-5(9)3-2(15)1-13-6(4(3)14(16)17)18-7(10,11)12/h1,5,15H. The van der Waals surface area contributed by atoms with Crippen LogP contribution in [0.25, 0.3) is 0 Å². The quantitative estimate of drug-likeness (QED) is 0.520. The molecule has 0 spiro atoms. The molecule has 0 bridgehead atoms. The summed E-state index contributed by atoms with van der Waals surface area (Å²) in [5, 5.41) is 19.4. The van der Waals surface area contributed by atoms with Crippen LogP contribution < -0.4 is 4.74 Å². The van der Waals surface area contributed by atoms with E-state index in [1.807, 2.05) is 0 Å². The van der Waals surface area contributed by atoms with E-state index in [0.717, 1.165) is 0 Å². The molecule has 6 nitrogen and oxygen atoms in total. The maximum Gasteiger partial charge on any atom is 0.574 e. The van der Waals surface area contributed by atoms with Crippen LogP contribution in [0.4, 0.5) is 27.6 Å². The lowest BCUT2D eigenvalue weighted by atomic mass is 10.2. The van der Waals surface area contributed by atoms with Gasteiger partial charge in [0.15, 0.2) is 0 Å². The maximum absolute atomic E-state index is 12.4. The first-order valence-electron chi connectivity index (χ1n) is 4.03. The molecule has 0 unspecified atom stereocenters. The van der Waals surface area contributed by atoms with E-state index in [0.29, 0.717) is 0 Å². The largest absolute Gasteiger partial charge is 0.574 e. The summed E-state index contributed by atoms with van der Waals surface area (Å²) in [5.41, 5.74) is -3.32. The Balaban J connectivity index is 3.44. The molecule has 0 aromatic carbocycles. The average Bonchev–Trinajstić information content (AvgIpc) is 2.17. The molecule has 1 aromatic rings. The van der Waals surface area contributed by atoms with Crippen molar-refractivity contribution in [2.45, 2.75) is 12.8 Å². The van der Waals surface area contributed by atoms with E-state index in [1.165, 1.54) is 0 Å². The number of alkyl halides is 5. The molecule has 0 saturated carbocycles. The molecule has 0 aliphatic heterocycles. The normalized spacial score (nSPS) is 11.7. The number of aromatic hydroxyl groups is 1. The number of hydrogen-bond donors (Lipinski definition) is 1. The van der Waals surface area contributed by atoms with E-state index in [-0.39, 0.29) is 6.20 Å². The Hall–Kier alpha value is -2.20. The smallest absolute Gasteiger partial charge is 0.506 e. The van der Waals surface area contributed by atoms with Gasteiger partial charge in [0.2, 0.25) is 0 Å². The van der Waals surface area contributed by atoms with Crippen molar-refractivity contribution in [3.05, 3.63) is 21.9 Å². The molecule has 0 radical (unpaired) electrons. The SMILES string of the molecule is O=[N+]([O-])c1c(OC(F)(F)F)ncc(O)c1C(F)F. The Morgan fingerprint density at radius 2 is 2.00 bits per heavy atom. The molecule has 0 saturated heterocycles. The van der Waals surface area contributed by atoms with Crippen LogP contribution in [0, 0.1) is 10.1 Å². The number of aromatic nitrogens is 1. The summed E-state index contributed by atoms with van der Waals surface area (Å²) in [6.45, 7) is 0. The highest BCUT2D eigenvalue weighted by atomic mass is 19.4. The van der Waals surface area contributed by atoms with Crippen LogP contribution >= 0.6 is 0 Å². The van der Waals surface area contributed by atoms with Crippen LogP contribution in [-0.2, 0) is 0 Å². The van der Waals surface area contributed by atoms with Crippen molar-refractivity contribution < 1.29 is 36.7 Å². The fourth-order valence-corrected chi connectivity index (χ4v) is 1.06. The van der Waals surface area contributed by atoms with E-state index in [9.17, 15) is 32.1 Å². The summed E-state index contributed by atoms with van der Waals surface area (Å²) in [6.07, 6.45) is -8.70. The van der Waals surface area contributed by atoms with Crippen LogP contribution in [0.2, 0.25) is 0 Å². The number of ether oxygens (including phenoxy) is 1. The zero-order valence-corrected chi connectivity index (χ0v) is 8.11. The van der Waals surface area contributed by atoms with Gasteiger partial charge in [-0.2, -0.15) is 0 Å². The number of pyridine rings is 1. The Bertz CT molecular complexity index is 476. The molecule has 18 heavy (non-hydrogen) atoms. The molecule has 1 N–H and O–H groups in total. The second-order valence-electron chi connectivity index (χ2n) is 2.82. The van der Waals surface area contributed by atoms with Gasteiger partial charge in [0.25, 0.3) is 6.43 Å². The second-order valence-corrected chi connectivity index (χ2v) is 2.82. The summed E-state index contributed by atoms with van der Waals surface area (Å²) in [7, 11) is 0. The first kappa shape index (κ1) is 13.9. The molecule has 0 aliphatic carbocycles. The molecule has 11 heteroatoms. The van der Waals surface area contributed by atoms with Crippen molar-refractivity contribution in [3.8, 4) is 11.6 Å². The van der Waals surface area contributed by atoms with Gasteiger partial charge in [-0.15, -0.1) is 13.2 Å². The summed E-state index contributed by atoms with van der Waals surface area (Å²) >= 11 is 0. The van der Waals surface area contributed by atoms with Crippen LogP contribution in [0.15, 0.2) is 6.20 Å². The van der Waals surface area contributed by atoms with Crippen molar-refractivity contribution in [1.82, 2.24) is 4.98 Å². The molecule has 1 rings (SSSR count). The lowest BCUT2D eigenvalue weighted by Crippen LogP contribution is -2.19. The van der Waals surface area contributed by atoms with Crippen molar-refractivity contribution in [2.24, 2.45) is 0 Å². The molecular formula is C7H3F5N2O4. The van der Waals surface area contributed by atoms with Gasteiger partial charge in [0, 0.05) is 0 Å². The van der Waals surface area contributed by atoms with Crippen molar-refractivity contribution in [3.63, 3.8) is 0 Å². The summed E-state index contributed by atoms with van der Waals surface area (Å²) < 4.78 is 63.7. The minimum atomic E-state index is -5.34. The minimum Gasteiger partial charge on any atom is -0.506 e. The third-order valence-corrected chi connectivity index (χ3v) is 1.65. The first-order valence-corrected chi connectivity index (χ1v) is 4.03. The lowest BCUT2D eigenvalue weighted by molar-refractivity contribution is -0.390. The molecule has 0 fully saturated rings. The molecule has 0 aliphatic rings. The second kappa shape index (κ2) is 4.58. The third kappa shape index (κ3) is 2.93. The Morgan fingerprint density at radius 1 is 1.44 bits per heavy atom. The van der Waals surface area contributed by atoms with Crippen molar-refractivity contribution >= 4 is 5.69 Å². The van der Waals surface area contributed by atoms with E-state index in [2.05, 4.69) is 9.72 Å². The predicted molar refractivity (Wildman–Crippen MR) is 44.2 cm³/mol. The van der Waals surface area contributed by atoms with Crippen LogP contribution in [-0.4, -0.2) is 21.4 Å².